The Morgan fingerprint density at radius 2 is 1.69 bits per heavy atom. The number of piperidine rings is 1. The molecule has 0 radical (unpaired) electrons. The number of hydrogen-bond acceptors (Lipinski definition) is 4. The SMILES string of the molecule is O=C(CN1C(=O)[C@H](C(=O)N2CCCCC2)Sc2ccccc21)NC1CCCCC1. The average molecular weight is 416 g/mol. The minimum Gasteiger partial charge on any atom is -0.352 e. The van der Waals surface area contributed by atoms with E-state index in [4.69, 9.17) is 0 Å². The van der Waals surface area contributed by atoms with E-state index in [1.165, 1.54) is 23.1 Å². The second-order valence-electron chi connectivity index (χ2n) is 8.18. The topological polar surface area (TPSA) is 69.7 Å². The molecule has 1 aliphatic carbocycles. The standard InChI is InChI=1S/C22H29N3O3S/c26-19(23-16-9-3-1-4-10-16)15-25-17-11-5-6-12-18(17)29-20(22(25)28)21(27)24-13-7-2-8-14-24/h5-6,11-12,16,20H,1-4,7-10,13-15H2,(H,23,26)/t20-/m0/s1. The highest BCUT2D eigenvalue weighted by Crippen LogP contribution is 2.39. The zero-order valence-electron chi connectivity index (χ0n) is 16.8. The van der Waals surface area contributed by atoms with E-state index in [2.05, 4.69) is 5.32 Å². The molecular formula is C22H29N3O3S. The Hall–Kier alpha value is -2.02. The lowest BCUT2D eigenvalue weighted by atomic mass is 9.95. The van der Waals surface area contributed by atoms with Gasteiger partial charge in [0.15, 0.2) is 5.25 Å². The van der Waals surface area contributed by atoms with Crippen LogP contribution in [0.25, 0.3) is 0 Å². The molecule has 3 amide bonds. The first-order valence-corrected chi connectivity index (χ1v) is 11.7. The Balaban J connectivity index is 1.50. The quantitative estimate of drug-likeness (QED) is 0.768. The highest BCUT2D eigenvalue weighted by atomic mass is 32.2. The predicted octanol–water partition coefficient (Wildman–Crippen LogP) is 2.96. The smallest absolute Gasteiger partial charge is 0.250 e. The molecule has 1 atom stereocenters. The molecule has 1 aromatic carbocycles. The molecule has 2 aliphatic heterocycles. The Kier molecular flexibility index (Phi) is 6.43. The third kappa shape index (κ3) is 4.60. The van der Waals surface area contributed by atoms with Gasteiger partial charge in [0.1, 0.15) is 6.54 Å². The molecule has 2 heterocycles. The van der Waals surface area contributed by atoms with Crippen LogP contribution in [0.5, 0.6) is 0 Å². The second-order valence-corrected chi connectivity index (χ2v) is 9.33. The Labute approximate surface area is 176 Å². The van der Waals surface area contributed by atoms with Gasteiger partial charge in [-0.1, -0.05) is 31.4 Å². The molecule has 1 N–H and O–H groups in total. The Morgan fingerprint density at radius 3 is 2.45 bits per heavy atom. The molecular weight excluding hydrogens is 386 g/mol. The van der Waals surface area contributed by atoms with E-state index in [-0.39, 0.29) is 30.3 Å². The fraction of sp³-hybridized carbons (Fsp3) is 0.591. The van der Waals surface area contributed by atoms with E-state index < -0.39 is 5.25 Å². The van der Waals surface area contributed by atoms with Crippen LogP contribution in [-0.2, 0) is 14.4 Å². The zero-order valence-corrected chi connectivity index (χ0v) is 17.6. The van der Waals surface area contributed by atoms with Crippen molar-refractivity contribution in [3.63, 3.8) is 0 Å². The summed E-state index contributed by atoms with van der Waals surface area (Å²) in [6, 6.07) is 7.76. The molecule has 156 valence electrons. The van der Waals surface area contributed by atoms with Gasteiger partial charge < -0.3 is 15.1 Å². The molecule has 4 rings (SSSR count). The second kappa shape index (κ2) is 9.20. The number of para-hydroxylation sites is 1. The van der Waals surface area contributed by atoms with Crippen molar-refractivity contribution in [2.24, 2.45) is 0 Å². The van der Waals surface area contributed by atoms with Crippen LogP contribution in [-0.4, -0.2) is 53.5 Å². The number of carbonyl (C=O) groups is 3. The van der Waals surface area contributed by atoms with Crippen molar-refractivity contribution in [2.75, 3.05) is 24.5 Å². The summed E-state index contributed by atoms with van der Waals surface area (Å²) in [6.07, 6.45) is 8.61. The van der Waals surface area contributed by atoms with Gasteiger partial charge in [0.05, 0.1) is 5.69 Å². The molecule has 1 saturated carbocycles. The number of likely N-dealkylation sites (tertiary alicyclic amines) is 1. The summed E-state index contributed by atoms with van der Waals surface area (Å²) in [6.45, 7) is 1.40. The van der Waals surface area contributed by atoms with Crippen LogP contribution in [0, 0.1) is 0 Å². The molecule has 0 unspecified atom stereocenters. The lowest BCUT2D eigenvalue weighted by molar-refractivity contribution is -0.136. The van der Waals surface area contributed by atoms with Gasteiger partial charge >= 0.3 is 0 Å². The van der Waals surface area contributed by atoms with Crippen LogP contribution < -0.4 is 10.2 Å². The van der Waals surface area contributed by atoms with Crippen LogP contribution in [0.2, 0.25) is 0 Å². The number of nitrogens with zero attached hydrogens (tertiary/aromatic N) is 2. The number of amides is 3. The summed E-state index contributed by atoms with van der Waals surface area (Å²) in [5.74, 6) is -0.536. The van der Waals surface area contributed by atoms with Crippen molar-refractivity contribution in [1.29, 1.82) is 0 Å². The van der Waals surface area contributed by atoms with E-state index in [0.29, 0.717) is 13.1 Å². The number of anilines is 1. The van der Waals surface area contributed by atoms with Crippen molar-refractivity contribution < 1.29 is 14.4 Å². The van der Waals surface area contributed by atoms with Gasteiger partial charge in [-0.2, -0.15) is 0 Å². The highest BCUT2D eigenvalue weighted by molar-refractivity contribution is 8.01. The molecule has 1 aromatic rings. The maximum atomic E-state index is 13.3. The zero-order chi connectivity index (χ0) is 20.2. The van der Waals surface area contributed by atoms with Gasteiger partial charge in [-0.15, -0.1) is 11.8 Å². The minimum atomic E-state index is -0.800. The number of fused-ring (bicyclic) bond motifs is 1. The molecule has 0 bridgehead atoms. The molecule has 7 heteroatoms. The molecule has 29 heavy (non-hydrogen) atoms. The van der Waals surface area contributed by atoms with Gasteiger partial charge in [-0.3, -0.25) is 14.4 Å². The minimum absolute atomic E-state index is 0.0311. The molecule has 6 nitrogen and oxygen atoms in total. The third-order valence-corrected chi connectivity index (χ3v) is 7.29. The number of benzene rings is 1. The number of thioether (sulfide) groups is 1. The molecule has 0 spiro atoms. The van der Waals surface area contributed by atoms with Gasteiger partial charge in [0, 0.05) is 24.0 Å². The van der Waals surface area contributed by atoms with E-state index >= 15 is 0 Å². The van der Waals surface area contributed by atoms with Crippen LogP contribution in [0.3, 0.4) is 0 Å². The molecule has 2 fully saturated rings. The summed E-state index contributed by atoms with van der Waals surface area (Å²) in [5.41, 5.74) is 0.726. The van der Waals surface area contributed by atoms with E-state index in [1.807, 2.05) is 29.2 Å². The van der Waals surface area contributed by atoms with Gasteiger partial charge in [0.25, 0.3) is 5.91 Å². The monoisotopic (exact) mass is 415 g/mol. The molecule has 1 saturated heterocycles. The van der Waals surface area contributed by atoms with Crippen LogP contribution >= 0.6 is 11.8 Å². The number of carbonyl (C=O) groups excluding carboxylic acids is 3. The fourth-order valence-corrected chi connectivity index (χ4v) is 5.67. The number of hydrogen-bond donors (Lipinski definition) is 1. The third-order valence-electron chi connectivity index (χ3n) is 6.06. The van der Waals surface area contributed by atoms with E-state index in [9.17, 15) is 14.4 Å². The lowest BCUT2D eigenvalue weighted by Crippen LogP contribution is -2.53. The largest absolute Gasteiger partial charge is 0.352 e. The summed E-state index contributed by atoms with van der Waals surface area (Å²) in [5, 5.41) is 2.29. The summed E-state index contributed by atoms with van der Waals surface area (Å²) >= 11 is 1.32. The van der Waals surface area contributed by atoms with Crippen LogP contribution in [0.1, 0.15) is 51.4 Å². The Bertz CT molecular complexity index is 772. The van der Waals surface area contributed by atoms with Gasteiger partial charge in [-0.05, 0) is 44.2 Å². The highest BCUT2D eigenvalue weighted by Gasteiger charge is 2.41. The molecule has 0 aromatic heterocycles. The predicted molar refractivity (Wildman–Crippen MR) is 114 cm³/mol. The average Bonchev–Trinajstić information content (AvgIpc) is 2.76. The Morgan fingerprint density at radius 1 is 1.00 bits per heavy atom. The summed E-state index contributed by atoms with van der Waals surface area (Å²) < 4.78 is 0. The van der Waals surface area contributed by atoms with E-state index in [0.717, 1.165) is 55.5 Å². The first-order chi connectivity index (χ1) is 14.1. The maximum Gasteiger partial charge on any atom is 0.250 e. The summed E-state index contributed by atoms with van der Waals surface area (Å²) in [7, 11) is 0. The van der Waals surface area contributed by atoms with Gasteiger partial charge in [0.2, 0.25) is 11.8 Å². The fourth-order valence-electron chi connectivity index (χ4n) is 4.48. The number of nitrogens with one attached hydrogen (secondary N) is 1. The first-order valence-electron chi connectivity index (χ1n) is 10.8. The van der Waals surface area contributed by atoms with Crippen molar-refractivity contribution in [3.8, 4) is 0 Å². The van der Waals surface area contributed by atoms with Crippen molar-refractivity contribution in [3.05, 3.63) is 24.3 Å². The van der Waals surface area contributed by atoms with Crippen molar-refractivity contribution >= 4 is 35.2 Å². The van der Waals surface area contributed by atoms with Crippen molar-refractivity contribution in [1.82, 2.24) is 10.2 Å². The lowest BCUT2D eigenvalue weighted by Gasteiger charge is -2.36. The maximum absolute atomic E-state index is 13.3. The van der Waals surface area contributed by atoms with Crippen LogP contribution in [0.15, 0.2) is 29.2 Å². The van der Waals surface area contributed by atoms with E-state index in [1.54, 1.807) is 0 Å². The van der Waals surface area contributed by atoms with Gasteiger partial charge in [-0.25, -0.2) is 0 Å². The summed E-state index contributed by atoms with van der Waals surface area (Å²) in [4.78, 5) is 43.3. The molecule has 3 aliphatic rings. The van der Waals surface area contributed by atoms with Crippen LogP contribution in [0.4, 0.5) is 5.69 Å². The normalized spacial score (nSPS) is 22.9. The van der Waals surface area contributed by atoms with Crippen molar-refractivity contribution in [2.45, 2.75) is 67.6 Å². The number of rotatable bonds is 4. The first kappa shape index (κ1) is 20.3.